The molecule has 0 bridgehead atoms. The summed E-state index contributed by atoms with van der Waals surface area (Å²) >= 11 is 0. The van der Waals surface area contributed by atoms with Crippen LogP contribution in [0.2, 0.25) is 0 Å². The van der Waals surface area contributed by atoms with E-state index in [1.54, 1.807) is 0 Å². The van der Waals surface area contributed by atoms with E-state index in [0.29, 0.717) is 0 Å². The third-order valence-corrected chi connectivity index (χ3v) is 2.22. The van der Waals surface area contributed by atoms with Crippen molar-refractivity contribution in [2.24, 2.45) is 5.41 Å². The average Bonchev–Trinajstić information content (AvgIpc) is 2.20. The highest BCUT2D eigenvalue weighted by Crippen LogP contribution is 2.23. The van der Waals surface area contributed by atoms with Crippen molar-refractivity contribution in [1.29, 1.82) is 0 Å². The molecule has 0 fully saturated rings. The largest absolute Gasteiger partial charge is 0.384 e. The molecule has 0 unspecified atom stereocenters. The van der Waals surface area contributed by atoms with Crippen molar-refractivity contribution in [3.8, 4) is 0 Å². The minimum Gasteiger partial charge on any atom is -0.384 e. The van der Waals surface area contributed by atoms with Gasteiger partial charge >= 0.3 is 0 Å². The molecule has 2 N–H and O–H groups in total. The highest BCUT2D eigenvalue weighted by Gasteiger charge is 2.21. The summed E-state index contributed by atoms with van der Waals surface area (Å²) in [5.74, 6) is 0.0258. The van der Waals surface area contributed by atoms with Crippen LogP contribution in [-0.4, -0.2) is 12.5 Å². The van der Waals surface area contributed by atoms with E-state index in [4.69, 9.17) is 0 Å². The van der Waals surface area contributed by atoms with Crippen LogP contribution < -0.4 is 10.6 Å². The second kappa shape index (κ2) is 5.01. The van der Waals surface area contributed by atoms with Crippen molar-refractivity contribution < 1.29 is 4.79 Å². The predicted octanol–water partition coefficient (Wildman–Crippen LogP) is 3.10. The third kappa shape index (κ3) is 3.26. The lowest BCUT2D eigenvalue weighted by Gasteiger charge is -2.19. The normalized spacial score (nSPS) is 11.0. The molecule has 1 amide bonds. The Morgan fingerprint density at radius 2 is 1.75 bits per heavy atom. The Labute approximate surface area is 97.2 Å². The highest BCUT2D eigenvalue weighted by molar-refractivity contribution is 5.97. The van der Waals surface area contributed by atoms with Gasteiger partial charge < -0.3 is 10.6 Å². The fourth-order valence-corrected chi connectivity index (χ4v) is 1.25. The van der Waals surface area contributed by atoms with Gasteiger partial charge in [0.25, 0.3) is 0 Å². The summed E-state index contributed by atoms with van der Waals surface area (Å²) in [5, 5.41) is 6.15. The van der Waals surface area contributed by atoms with E-state index in [1.165, 1.54) is 0 Å². The van der Waals surface area contributed by atoms with Gasteiger partial charge in [0.15, 0.2) is 0 Å². The summed E-state index contributed by atoms with van der Waals surface area (Å²) in [6.07, 6.45) is 0. The van der Waals surface area contributed by atoms with Crippen LogP contribution in [0.5, 0.6) is 0 Å². The van der Waals surface area contributed by atoms with E-state index in [9.17, 15) is 4.79 Å². The first-order chi connectivity index (χ1) is 7.45. The van der Waals surface area contributed by atoms with E-state index < -0.39 is 0 Å². The van der Waals surface area contributed by atoms with Gasteiger partial charge in [-0.2, -0.15) is 0 Å². The number of rotatable bonds is 3. The molecule has 0 spiro atoms. The molecule has 0 aliphatic heterocycles. The van der Waals surface area contributed by atoms with Gasteiger partial charge in [0.05, 0.1) is 11.4 Å². The van der Waals surface area contributed by atoms with Crippen molar-refractivity contribution in [2.45, 2.75) is 27.7 Å². The highest BCUT2D eigenvalue weighted by atomic mass is 16.2. The molecule has 1 aromatic carbocycles. The monoisotopic (exact) mass is 220 g/mol. The Morgan fingerprint density at radius 1 is 1.19 bits per heavy atom. The zero-order valence-corrected chi connectivity index (χ0v) is 10.4. The maximum absolute atomic E-state index is 11.9. The van der Waals surface area contributed by atoms with E-state index in [0.717, 1.165) is 17.9 Å². The molecule has 16 heavy (non-hydrogen) atoms. The summed E-state index contributed by atoms with van der Waals surface area (Å²) in [6.45, 7) is 8.57. The van der Waals surface area contributed by atoms with E-state index in [2.05, 4.69) is 10.6 Å². The van der Waals surface area contributed by atoms with Gasteiger partial charge in [-0.3, -0.25) is 4.79 Å². The van der Waals surface area contributed by atoms with Crippen LogP contribution in [0.1, 0.15) is 27.7 Å². The Balaban J connectivity index is 2.84. The predicted molar refractivity (Wildman–Crippen MR) is 68.7 cm³/mol. The lowest BCUT2D eigenvalue weighted by molar-refractivity contribution is -0.123. The van der Waals surface area contributed by atoms with Crippen LogP contribution in [0.25, 0.3) is 0 Å². The van der Waals surface area contributed by atoms with Crippen LogP contribution in [0, 0.1) is 5.41 Å². The number of para-hydroxylation sites is 2. The molecule has 0 radical (unpaired) electrons. The standard InChI is InChI=1S/C13H20N2O/c1-5-14-10-8-6-7-9-11(10)15-12(16)13(2,3)4/h6-9,14H,5H2,1-4H3,(H,15,16). The Morgan fingerprint density at radius 3 is 2.25 bits per heavy atom. The third-order valence-electron chi connectivity index (χ3n) is 2.22. The molecule has 1 rings (SSSR count). The summed E-state index contributed by atoms with van der Waals surface area (Å²) in [6, 6.07) is 7.73. The van der Waals surface area contributed by atoms with Crippen LogP contribution in [-0.2, 0) is 4.79 Å². The number of amides is 1. The van der Waals surface area contributed by atoms with Gasteiger partial charge in [-0.15, -0.1) is 0 Å². The molecule has 1 aromatic rings. The zero-order chi connectivity index (χ0) is 12.2. The van der Waals surface area contributed by atoms with Gasteiger partial charge in [-0.05, 0) is 19.1 Å². The molecule has 0 atom stereocenters. The second-order valence-electron chi connectivity index (χ2n) is 4.78. The molecule has 0 aromatic heterocycles. The lowest BCUT2D eigenvalue weighted by atomic mass is 9.95. The zero-order valence-electron chi connectivity index (χ0n) is 10.4. The molecular formula is C13H20N2O. The number of carbonyl (C=O) groups is 1. The SMILES string of the molecule is CCNc1ccccc1NC(=O)C(C)(C)C. The maximum atomic E-state index is 11.9. The van der Waals surface area contributed by atoms with Crippen molar-refractivity contribution in [3.63, 3.8) is 0 Å². The van der Waals surface area contributed by atoms with Crippen molar-refractivity contribution >= 4 is 17.3 Å². The number of carbonyl (C=O) groups excluding carboxylic acids is 1. The van der Waals surface area contributed by atoms with Gasteiger partial charge in [0.2, 0.25) is 5.91 Å². The van der Waals surface area contributed by atoms with Gasteiger partial charge in [-0.25, -0.2) is 0 Å². The summed E-state index contributed by atoms with van der Waals surface area (Å²) in [5.41, 5.74) is 1.42. The lowest BCUT2D eigenvalue weighted by Crippen LogP contribution is -2.28. The Kier molecular flexibility index (Phi) is 3.93. The summed E-state index contributed by atoms with van der Waals surface area (Å²) in [7, 11) is 0. The molecule has 0 aliphatic carbocycles. The summed E-state index contributed by atoms with van der Waals surface area (Å²) < 4.78 is 0. The molecule has 0 saturated heterocycles. The van der Waals surface area contributed by atoms with E-state index in [-0.39, 0.29) is 11.3 Å². The number of benzene rings is 1. The molecule has 0 heterocycles. The smallest absolute Gasteiger partial charge is 0.229 e. The molecule has 88 valence electrons. The van der Waals surface area contributed by atoms with Crippen LogP contribution >= 0.6 is 0 Å². The number of nitrogens with one attached hydrogen (secondary N) is 2. The molecule has 3 nitrogen and oxygen atoms in total. The van der Waals surface area contributed by atoms with Crippen LogP contribution in [0.15, 0.2) is 24.3 Å². The quantitative estimate of drug-likeness (QED) is 0.821. The van der Waals surface area contributed by atoms with E-state index in [1.807, 2.05) is 52.0 Å². The Hall–Kier alpha value is -1.51. The fraction of sp³-hybridized carbons (Fsp3) is 0.462. The minimum atomic E-state index is -0.376. The molecule has 3 heteroatoms. The average molecular weight is 220 g/mol. The van der Waals surface area contributed by atoms with Crippen molar-refractivity contribution in [3.05, 3.63) is 24.3 Å². The van der Waals surface area contributed by atoms with Crippen LogP contribution in [0.4, 0.5) is 11.4 Å². The number of hydrogen-bond acceptors (Lipinski definition) is 2. The van der Waals surface area contributed by atoms with E-state index >= 15 is 0 Å². The first kappa shape index (κ1) is 12.6. The molecule has 0 aliphatic rings. The van der Waals surface area contributed by atoms with Gasteiger partial charge in [0.1, 0.15) is 0 Å². The van der Waals surface area contributed by atoms with Gasteiger partial charge in [0, 0.05) is 12.0 Å². The minimum absolute atomic E-state index is 0.0258. The Bertz CT molecular complexity index is 366. The van der Waals surface area contributed by atoms with Crippen molar-refractivity contribution in [2.75, 3.05) is 17.2 Å². The topological polar surface area (TPSA) is 41.1 Å². The van der Waals surface area contributed by atoms with Gasteiger partial charge in [-0.1, -0.05) is 32.9 Å². The second-order valence-corrected chi connectivity index (χ2v) is 4.78. The number of anilines is 2. The fourth-order valence-electron chi connectivity index (χ4n) is 1.25. The number of hydrogen-bond donors (Lipinski definition) is 2. The van der Waals surface area contributed by atoms with Crippen LogP contribution in [0.3, 0.4) is 0 Å². The molecule has 0 saturated carbocycles. The first-order valence-electron chi connectivity index (χ1n) is 5.59. The maximum Gasteiger partial charge on any atom is 0.229 e. The molecular weight excluding hydrogens is 200 g/mol. The van der Waals surface area contributed by atoms with Crippen molar-refractivity contribution in [1.82, 2.24) is 0 Å². The summed E-state index contributed by atoms with van der Waals surface area (Å²) in [4.78, 5) is 11.9. The first-order valence-corrected chi connectivity index (χ1v) is 5.59.